The van der Waals surface area contributed by atoms with Gasteiger partial charge in [-0.25, -0.2) is 19.9 Å². The van der Waals surface area contributed by atoms with Crippen molar-refractivity contribution < 1.29 is 14.3 Å². The van der Waals surface area contributed by atoms with Crippen LogP contribution in [0.15, 0.2) is 37.2 Å². The SMILES string of the molecule is Cn1cc2c(n1)CCCN2c1cnc2[nH]cc(C(=O)NC(C)(C)C)c2n1.Cn1cc2c(n1)CCCN2c1cnc2c(n1)c(C(=O)NC(C)(C)C)cn2COCC[Si](C)(C)C. The van der Waals surface area contributed by atoms with E-state index in [2.05, 4.69) is 60.2 Å². The summed E-state index contributed by atoms with van der Waals surface area (Å²) in [5.74, 6) is 1.14. The van der Waals surface area contributed by atoms with E-state index in [0.29, 0.717) is 46.8 Å². The van der Waals surface area contributed by atoms with Gasteiger partial charge in [0.25, 0.3) is 11.8 Å². The molecule has 3 N–H and O–H groups in total. The number of fused-ring (bicyclic) bond motifs is 4. The van der Waals surface area contributed by atoms with Crippen LogP contribution in [-0.2, 0) is 38.4 Å². The van der Waals surface area contributed by atoms with Crippen molar-refractivity contribution in [3.8, 4) is 0 Å². The molecule has 0 saturated heterocycles. The first-order chi connectivity index (χ1) is 28.2. The number of nitrogens with one attached hydrogen (secondary N) is 3. The molecule has 2 amide bonds. The molecule has 8 heterocycles. The molecule has 6 aromatic heterocycles. The van der Waals surface area contributed by atoms with Crippen LogP contribution < -0.4 is 20.4 Å². The summed E-state index contributed by atoms with van der Waals surface area (Å²) in [6.07, 6.45) is 15.0. The molecule has 8 rings (SSSR count). The van der Waals surface area contributed by atoms with Gasteiger partial charge < -0.3 is 34.7 Å². The van der Waals surface area contributed by atoms with Crippen molar-refractivity contribution in [1.29, 1.82) is 0 Å². The molecule has 0 aromatic carbocycles. The standard InChI is InChI=1S/C24H37N7O2Si.C18H23N7O/c1-24(2,3)27-23(32)17-14-30(16-33-11-12-34(5,6)7)22-21(17)26-20(13-25-22)31-10-8-9-18-19(31)15-29(4)28-18;1-18(2,3)22-17(26)11-8-19-16-15(11)21-14(9-20-16)25-7-5-6-12-13(25)10-24(4)23-12/h13-15H,8-12,16H2,1-7H3,(H,27,32);8-10H,5-7H2,1-4H3,(H,19,20)(H,22,26). The van der Waals surface area contributed by atoms with Gasteiger partial charge >= 0.3 is 0 Å². The molecule has 0 aliphatic carbocycles. The van der Waals surface area contributed by atoms with E-state index in [1.165, 1.54) is 0 Å². The number of anilines is 4. The predicted octanol–water partition coefficient (Wildman–Crippen LogP) is 6.39. The van der Waals surface area contributed by atoms with Gasteiger partial charge in [-0.2, -0.15) is 10.2 Å². The Labute approximate surface area is 352 Å². The molecule has 17 nitrogen and oxygen atoms in total. The van der Waals surface area contributed by atoms with E-state index >= 15 is 0 Å². The molecule has 2 aliphatic heterocycles. The second-order valence-electron chi connectivity index (χ2n) is 19.1. The van der Waals surface area contributed by atoms with Crippen molar-refractivity contribution in [3.05, 3.63) is 59.7 Å². The summed E-state index contributed by atoms with van der Waals surface area (Å²) in [5.41, 5.74) is 7.02. The number of H-pyrrole nitrogens is 1. The number of carbonyl (C=O) groups is 2. The Hall–Kier alpha value is -5.62. The van der Waals surface area contributed by atoms with Crippen LogP contribution in [0, 0.1) is 0 Å². The average Bonchev–Trinajstić information content (AvgIpc) is 3.93. The fourth-order valence-electron chi connectivity index (χ4n) is 7.36. The Bertz CT molecular complexity index is 2510. The Balaban J connectivity index is 0.000000188. The predicted molar refractivity (Wildman–Crippen MR) is 237 cm³/mol. The molecule has 0 saturated carbocycles. The summed E-state index contributed by atoms with van der Waals surface area (Å²) in [6, 6.07) is 1.09. The van der Waals surface area contributed by atoms with Crippen molar-refractivity contribution in [2.75, 3.05) is 29.5 Å². The third-order valence-electron chi connectivity index (χ3n) is 10.1. The van der Waals surface area contributed by atoms with E-state index in [1.807, 2.05) is 88.2 Å². The van der Waals surface area contributed by atoms with Crippen molar-refractivity contribution >= 4 is 65.2 Å². The summed E-state index contributed by atoms with van der Waals surface area (Å²) in [4.78, 5) is 52.0. The van der Waals surface area contributed by atoms with Crippen LogP contribution in [0.25, 0.3) is 22.3 Å². The highest BCUT2D eigenvalue weighted by Gasteiger charge is 2.28. The van der Waals surface area contributed by atoms with E-state index in [4.69, 9.17) is 19.7 Å². The summed E-state index contributed by atoms with van der Waals surface area (Å²) < 4.78 is 11.5. The molecule has 0 bridgehead atoms. The zero-order chi connectivity index (χ0) is 43.1. The number of ether oxygens (including phenoxy) is 1. The van der Waals surface area contributed by atoms with Crippen molar-refractivity contribution in [2.24, 2.45) is 14.1 Å². The van der Waals surface area contributed by atoms with Crippen LogP contribution in [0.1, 0.15) is 86.5 Å². The summed E-state index contributed by atoms with van der Waals surface area (Å²) >= 11 is 0. The number of aromatic nitrogens is 10. The maximum Gasteiger partial charge on any atom is 0.255 e. The third kappa shape index (κ3) is 9.70. The van der Waals surface area contributed by atoms with Crippen LogP contribution in [0.3, 0.4) is 0 Å². The van der Waals surface area contributed by atoms with Gasteiger partial charge in [0.15, 0.2) is 22.9 Å². The third-order valence-corrected chi connectivity index (χ3v) is 11.8. The molecule has 18 heteroatoms. The summed E-state index contributed by atoms with van der Waals surface area (Å²) in [7, 11) is 2.67. The van der Waals surface area contributed by atoms with Crippen LogP contribution in [0.2, 0.25) is 25.7 Å². The van der Waals surface area contributed by atoms with Crippen LogP contribution in [-0.4, -0.2) is 99.7 Å². The smallest absolute Gasteiger partial charge is 0.255 e. The summed E-state index contributed by atoms with van der Waals surface area (Å²) in [5, 5.41) is 15.1. The average molecular weight is 837 g/mol. The van der Waals surface area contributed by atoms with Gasteiger partial charge in [0.1, 0.15) is 17.8 Å². The number of nitrogens with zero attached hydrogens (tertiary/aromatic N) is 11. The van der Waals surface area contributed by atoms with Crippen molar-refractivity contribution in [3.63, 3.8) is 0 Å². The van der Waals surface area contributed by atoms with E-state index in [-0.39, 0.29) is 22.9 Å². The monoisotopic (exact) mass is 836 g/mol. The largest absolute Gasteiger partial charge is 0.361 e. The lowest BCUT2D eigenvalue weighted by Gasteiger charge is -2.26. The van der Waals surface area contributed by atoms with Crippen molar-refractivity contribution in [1.82, 2.24) is 59.7 Å². The zero-order valence-corrected chi connectivity index (χ0v) is 38.0. The molecule has 0 atom stereocenters. The van der Waals surface area contributed by atoms with Gasteiger partial charge in [0.2, 0.25) is 0 Å². The quantitative estimate of drug-likeness (QED) is 0.108. The lowest BCUT2D eigenvalue weighted by molar-refractivity contribution is 0.0884. The second-order valence-corrected chi connectivity index (χ2v) is 24.7. The van der Waals surface area contributed by atoms with Gasteiger partial charge in [-0.1, -0.05) is 19.6 Å². The molecule has 60 heavy (non-hydrogen) atoms. The highest BCUT2D eigenvalue weighted by Crippen LogP contribution is 2.34. The number of rotatable bonds is 9. The number of aromatic amines is 1. The molecule has 0 unspecified atom stereocenters. The van der Waals surface area contributed by atoms with Gasteiger partial charge in [-0.05, 0) is 73.3 Å². The maximum absolute atomic E-state index is 13.2. The highest BCUT2D eigenvalue weighted by atomic mass is 28.3. The van der Waals surface area contributed by atoms with Gasteiger partial charge in [-0.3, -0.25) is 19.0 Å². The maximum atomic E-state index is 13.2. The summed E-state index contributed by atoms with van der Waals surface area (Å²) in [6.45, 7) is 21.5. The number of hydrogen-bond donors (Lipinski definition) is 3. The fraction of sp³-hybridized carbons (Fsp3) is 0.524. The minimum absolute atomic E-state index is 0.157. The topological polar surface area (TPSA) is 182 Å². The minimum atomic E-state index is -1.18. The Morgan fingerprint density at radius 2 is 1.30 bits per heavy atom. The molecular weight excluding hydrogens is 777 g/mol. The van der Waals surface area contributed by atoms with Gasteiger partial charge in [-0.15, -0.1) is 0 Å². The molecule has 320 valence electrons. The van der Waals surface area contributed by atoms with E-state index in [0.717, 1.165) is 79.2 Å². The zero-order valence-electron chi connectivity index (χ0n) is 37.0. The Morgan fingerprint density at radius 1 is 0.767 bits per heavy atom. The van der Waals surface area contributed by atoms with Gasteiger partial charge in [0, 0.05) is 77.7 Å². The highest BCUT2D eigenvalue weighted by molar-refractivity contribution is 6.76. The molecule has 0 spiro atoms. The number of aryl methyl sites for hydroxylation is 4. The first kappa shape index (κ1) is 42.5. The molecule has 0 fully saturated rings. The van der Waals surface area contributed by atoms with Crippen LogP contribution in [0.4, 0.5) is 23.0 Å². The molecular formula is C42H60N14O3Si. The first-order valence-electron chi connectivity index (χ1n) is 20.8. The lowest BCUT2D eigenvalue weighted by Crippen LogP contribution is -2.40. The first-order valence-corrected chi connectivity index (χ1v) is 24.5. The molecule has 6 aromatic rings. The van der Waals surface area contributed by atoms with E-state index in [1.54, 1.807) is 18.6 Å². The Morgan fingerprint density at radius 3 is 1.85 bits per heavy atom. The molecule has 0 radical (unpaired) electrons. The number of amides is 2. The second kappa shape index (κ2) is 16.4. The van der Waals surface area contributed by atoms with E-state index < -0.39 is 8.07 Å². The fourth-order valence-corrected chi connectivity index (χ4v) is 8.11. The lowest BCUT2D eigenvalue weighted by atomic mass is 10.1. The van der Waals surface area contributed by atoms with Crippen LogP contribution >= 0.6 is 0 Å². The minimum Gasteiger partial charge on any atom is -0.361 e. The number of hydrogen-bond acceptors (Lipinski definition) is 11. The van der Waals surface area contributed by atoms with Gasteiger partial charge in [0.05, 0.1) is 46.3 Å². The van der Waals surface area contributed by atoms with Crippen molar-refractivity contribution in [2.45, 2.75) is 111 Å². The van der Waals surface area contributed by atoms with Crippen LogP contribution in [0.5, 0.6) is 0 Å². The van der Waals surface area contributed by atoms with E-state index in [9.17, 15) is 9.59 Å². The normalized spacial score (nSPS) is 14.5. The Kier molecular flexibility index (Phi) is 11.6. The number of carbonyl (C=O) groups excluding carboxylic acids is 2. The molecule has 2 aliphatic rings.